The summed E-state index contributed by atoms with van der Waals surface area (Å²) in [6.45, 7) is 10.7. The number of anilines is 3. The second-order valence-corrected chi connectivity index (χ2v) is 9.53. The number of hydrogen-bond donors (Lipinski definition) is 1. The molecule has 1 aromatic carbocycles. The van der Waals surface area contributed by atoms with Gasteiger partial charge >= 0.3 is 0 Å². The van der Waals surface area contributed by atoms with Crippen LogP contribution in [0.15, 0.2) is 36.8 Å². The first-order valence-electron chi connectivity index (χ1n) is 12.2. The van der Waals surface area contributed by atoms with E-state index in [1.165, 1.54) is 0 Å². The molecule has 10 nitrogen and oxygen atoms in total. The van der Waals surface area contributed by atoms with Crippen LogP contribution in [0.3, 0.4) is 0 Å². The van der Waals surface area contributed by atoms with Crippen molar-refractivity contribution in [3.8, 4) is 17.1 Å². The molecule has 0 bridgehead atoms. The minimum Gasteiger partial charge on any atom is -0.495 e. The summed E-state index contributed by atoms with van der Waals surface area (Å²) < 4.78 is 13.7. The summed E-state index contributed by atoms with van der Waals surface area (Å²) in [5, 5.41) is 12.4. The van der Waals surface area contributed by atoms with Crippen LogP contribution in [0.2, 0.25) is 0 Å². The minimum absolute atomic E-state index is 0.154. The summed E-state index contributed by atoms with van der Waals surface area (Å²) in [4.78, 5) is 16.5. The number of hydrogen-bond acceptors (Lipinski definition) is 9. The van der Waals surface area contributed by atoms with Crippen molar-refractivity contribution in [1.82, 2.24) is 29.7 Å². The first kappa shape index (κ1) is 23.9. The highest BCUT2D eigenvalue weighted by atomic mass is 16.5. The van der Waals surface area contributed by atoms with Crippen molar-refractivity contribution in [2.45, 2.75) is 33.3 Å². The fourth-order valence-corrected chi connectivity index (χ4v) is 4.69. The molecule has 3 aromatic heterocycles. The lowest BCUT2D eigenvalue weighted by molar-refractivity contribution is -0.0916. The van der Waals surface area contributed by atoms with E-state index in [1.807, 2.05) is 55.9 Å². The Morgan fingerprint density at radius 3 is 2.64 bits per heavy atom. The van der Waals surface area contributed by atoms with Crippen molar-refractivity contribution < 1.29 is 9.47 Å². The molecule has 4 aromatic rings. The molecular weight excluding hydrogens is 456 g/mol. The molecule has 0 saturated carbocycles. The summed E-state index contributed by atoms with van der Waals surface area (Å²) in [6.07, 6.45) is 3.50. The fourth-order valence-electron chi connectivity index (χ4n) is 4.69. The van der Waals surface area contributed by atoms with Gasteiger partial charge in [-0.15, -0.1) is 10.2 Å². The number of aryl methyl sites for hydroxylation is 2. The van der Waals surface area contributed by atoms with E-state index in [0.717, 1.165) is 52.6 Å². The van der Waals surface area contributed by atoms with Gasteiger partial charge in [-0.3, -0.25) is 0 Å². The standard InChI is InChI=1S/C26H32N8O2/c1-7-36-26(16(2)3)13-34(14-26)24-22-19(10-17(4)29-24)12-27-25(31-22)30-20-9-8-18(11-21(20)35-6)23-32-28-15-33(23)5/h8-12,15-16H,7,13-14H2,1-6H3,(H,27,30,31). The number of rotatable bonds is 8. The molecule has 1 aliphatic rings. The third kappa shape index (κ3) is 4.21. The van der Waals surface area contributed by atoms with Crippen LogP contribution in [0, 0.1) is 12.8 Å². The third-order valence-corrected chi connectivity index (χ3v) is 6.79. The van der Waals surface area contributed by atoms with Crippen molar-refractivity contribution in [3.05, 3.63) is 42.5 Å². The molecule has 10 heteroatoms. The van der Waals surface area contributed by atoms with Crippen molar-refractivity contribution in [1.29, 1.82) is 0 Å². The van der Waals surface area contributed by atoms with Gasteiger partial charge in [0.1, 0.15) is 23.2 Å². The lowest BCUT2D eigenvalue weighted by Gasteiger charge is -2.52. The molecule has 0 amide bonds. The van der Waals surface area contributed by atoms with Crippen LogP contribution in [0.5, 0.6) is 5.75 Å². The number of nitrogens with zero attached hydrogens (tertiary/aromatic N) is 7. The largest absolute Gasteiger partial charge is 0.495 e. The quantitative estimate of drug-likeness (QED) is 0.392. The van der Waals surface area contributed by atoms with E-state index in [1.54, 1.807) is 13.4 Å². The lowest BCUT2D eigenvalue weighted by Crippen LogP contribution is -2.66. The lowest BCUT2D eigenvalue weighted by atomic mass is 9.82. The highest BCUT2D eigenvalue weighted by molar-refractivity contribution is 5.90. The smallest absolute Gasteiger partial charge is 0.227 e. The normalized spacial score (nSPS) is 14.8. The third-order valence-electron chi connectivity index (χ3n) is 6.79. The Hall–Kier alpha value is -3.79. The van der Waals surface area contributed by atoms with E-state index in [0.29, 0.717) is 24.2 Å². The molecule has 188 valence electrons. The Bertz CT molecular complexity index is 1390. The number of pyridine rings is 1. The molecule has 0 spiro atoms. The predicted molar refractivity (Wildman–Crippen MR) is 140 cm³/mol. The van der Waals surface area contributed by atoms with Crippen molar-refractivity contribution in [3.63, 3.8) is 0 Å². The van der Waals surface area contributed by atoms with Gasteiger partial charge in [-0.25, -0.2) is 15.0 Å². The van der Waals surface area contributed by atoms with Crippen LogP contribution in [0.25, 0.3) is 22.3 Å². The molecule has 0 atom stereocenters. The average Bonchev–Trinajstić information content (AvgIpc) is 3.26. The monoisotopic (exact) mass is 488 g/mol. The summed E-state index contributed by atoms with van der Waals surface area (Å²) in [5.41, 5.74) is 3.24. The summed E-state index contributed by atoms with van der Waals surface area (Å²) in [5.74, 6) is 3.15. The zero-order chi connectivity index (χ0) is 25.4. The number of methoxy groups -OCH3 is 1. The number of benzene rings is 1. The van der Waals surface area contributed by atoms with E-state index in [2.05, 4.69) is 39.2 Å². The zero-order valence-electron chi connectivity index (χ0n) is 21.6. The first-order chi connectivity index (χ1) is 17.3. The van der Waals surface area contributed by atoms with Gasteiger partial charge < -0.3 is 24.3 Å². The molecule has 0 unspecified atom stereocenters. The van der Waals surface area contributed by atoms with Crippen molar-refractivity contribution in [2.24, 2.45) is 13.0 Å². The van der Waals surface area contributed by atoms with Gasteiger partial charge in [0.2, 0.25) is 5.95 Å². The maximum Gasteiger partial charge on any atom is 0.227 e. The molecule has 1 saturated heterocycles. The molecule has 1 fully saturated rings. The predicted octanol–water partition coefficient (Wildman–Crippen LogP) is 4.13. The Balaban J connectivity index is 1.46. The van der Waals surface area contributed by atoms with Gasteiger partial charge in [-0.1, -0.05) is 13.8 Å². The summed E-state index contributed by atoms with van der Waals surface area (Å²) >= 11 is 0. The minimum atomic E-state index is -0.154. The van der Waals surface area contributed by atoms with Gasteiger partial charge in [0.25, 0.3) is 0 Å². The van der Waals surface area contributed by atoms with E-state index in [9.17, 15) is 0 Å². The van der Waals surface area contributed by atoms with Crippen LogP contribution in [0.1, 0.15) is 26.5 Å². The van der Waals surface area contributed by atoms with Gasteiger partial charge in [0, 0.05) is 36.5 Å². The topological polar surface area (TPSA) is 103 Å². The second kappa shape index (κ2) is 9.34. The van der Waals surface area contributed by atoms with E-state index < -0.39 is 0 Å². The highest BCUT2D eigenvalue weighted by Gasteiger charge is 2.47. The number of nitrogens with one attached hydrogen (secondary N) is 1. The molecule has 36 heavy (non-hydrogen) atoms. The van der Waals surface area contributed by atoms with Crippen LogP contribution < -0.4 is 15.0 Å². The maximum absolute atomic E-state index is 6.15. The Morgan fingerprint density at radius 2 is 1.97 bits per heavy atom. The molecule has 0 aliphatic carbocycles. The SMILES string of the molecule is CCOC1(C(C)C)CN(c2nc(C)cc3cnc(Nc4ccc(-c5nncn5C)cc4OC)nc23)C1. The highest BCUT2D eigenvalue weighted by Crippen LogP contribution is 2.38. The first-order valence-corrected chi connectivity index (χ1v) is 12.2. The van der Waals surface area contributed by atoms with E-state index in [-0.39, 0.29) is 5.60 Å². The fraction of sp³-hybridized carbons (Fsp3) is 0.423. The van der Waals surface area contributed by atoms with Crippen LogP contribution in [-0.4, -0.2) is 62.1 Å². The van der Waals surface area contributed by atoms with Crippen LogP contribution >= 0.6 is 0 Å². The molecule has 4 heterocycles. The van der Waals surface area contributed by atoms with Gasteiger partial charge in [-0.2, -0.15) is 0 Å². The Morgan fingerprint density at radius 1 is 1.17 bits per heavy atom. The van der Waals surface area contributed by atoms with Gasteiger partial charge in [0.05, 0.1) is 25.9 Å². The number of fused-ring (bicyclic) bond motifs is 1. The Labute approximate surface area is 210 Å². The zero-order valence-corrected chi connectivity index (χ0v) is 21.6. The van der Waals surface area contributed by atoms with Crippen molar-refractivity contribution >= 4 is 28.4 Å². The number of aromatic nitrogens is 6. The van der Waals surface area contributed by atoms with Crippen LogP contribution in [-0.2, 0) is 11.8 Å². The summed E-state index contributed by atoms with van der Waals surface area (Å²) in [7, 11) is 3.54. The summed E-state index contributed by atoms with van der Waals surface area (Å²) in [6, 6.07) is 7.82. The average molecular weight is 489 g/mol. The van der Waals surface area contributed by atoms with E-state index in [4.69, 9.17) is 19.4 Å². The molecule has 5 rings (SSSR count). The van der Waals surface area contributed by atoms with Crippen molar-refractivity contribution in [2.75, 3.05) is 37.0 Å². The van der Waals surface area contributed by atoms with Crippen LogP contribution in [0.4, 0.5) is 17.5 Å². The molecule has 1 N–H and O–H groups in total. The molecule has 0 radical (unpaired) electrons. The Kier molecular flexibility index (Phi) is 6.21. The number of ether oxygens (including phenoxy) is 2. The van der Waals surface area contributed by atoms with Gasteiger partial charge in [-0.05, 0) is 44.0 Å². The molecular formula is C26H32N8O2. The second-order valence-electron chi connectivity index (χ2n) is 9.53. The molecule has 1 aliphatic heterocycles. The van der Waals surface area contributed by atoms with E-state index >= 15 is 0 Å². The maximum atomic E-state index is 6.15. The van der Waals surface area contributed by atoms with Gasteiger partial charge in [0.15, 0.2) is 11.6 Å².